The van der Waals surface area contributed by atoms with Gasteiger partial charge in [-0.1, -0.05) is 30.3 Å². The Kier molecular flexibility index (Phi) is 5.47. The molecule has 1 aromatic heterocycles. The summed E-state index contributed by atoms with van der Waals surface area (Å²) in [6, 6.07) is 19.8. The number of ether oxygens (including phenoxy) is 1. The van der Waals surface area contributed by atoms with E-state index in [4.69, 9.17) is 9.15 Å². The molecule has 6 heteroatoms. The van der Waals surface area contributed by atoms with Gasteiger partial charge in [-0.15, -0.1) is 0 Å². The van der Waals surface area contributed by atoms with Crippen molar-refractivity contribution in [2.75, 3.05) is 0 Å². The quantitative estimate of drug-likeness (QED) is 0.546. The van der Waals surface area contributed by atoms with Crippen LogP contribution < -0.4 is 15.6 Å². The van der Waals surface area contributed by atoms with Gasteiger partial charge in [0, 0.05) is 6.08 Å². The first kappa shape index (κ1) is 17.0. The normalized spacial score (nSPS) is 10.5. The summed E-state index contributed by atoms with van der Waals surface area (Å²) in [7, 11) is 0. The fraction of sp³-hybridized carbons (Fsp3) is 0. The van der Waals surface area contributed by atoms with Crippen molar-refractivity contribution in [1.82, 2.24) is 10.9 Å². The molecule has 3 aromatic rings. The molecule has 2 amide bonds. The maximum absolute atomic E-state index is 11.8. The number of benzene rings is 2. The van der Waals surface area contributed by atoms with E-state index >= 15 is 0 Å². The minimum Gasteiger partial charge on any atom is -0.459 e. The number of amides is 2. The van der Waals surface area contributed by atoms with Gasteiger partial charge in [-0.25, -0.2) is 0 Å². The van der Waals surface area contributed by atoms with E-state index in [1.165, 1.54) is 18.4 Å². The Bertz CT molecular complexity index is 903. The zero-order valence-corrected chi connectivity index (χ0v) is 13.7. The van der Waals surface area contributed by atoms with Crippen molar-refractivity contribution in [3.8, 4) is 11.5 Å². The van der Waals surface area contributed by atoms with Gasteiger partial charge in [0.2, 0.25) is 0 Å². The largest absolute Gasteiger partial charge is 0.459 e. The molecule has 0 spiro atoms. The highest BCUT2D eigenvalue weighted by molar-refractivity contribution is 5.96. The Balaban J connectivity index is 1.55. The van der Waals surface area contributed by atoms with E-state index in [2.05, 4.69) is 10.9 Å². The first-order valence-corrected chi connectivity index (χ1v) is 7.85. The zero-order chi connectivity index (χ0) is 18.2. The topological polar surface area (TPSA) is 80.6 Å². The van der Waals surface area contributed by atoms with Gasteiger partial charge in [-0.05, 0) is 48.0 Å². The number of nitrogens with one attached hydrogen (secondary N) is 2. The van der Waals surface area contributed by atoms with Crippen LogP contribution >= 0.6 is 0 Å². The van der Waals surface area contributed by atoms with Crippen molar-refractivity contribution >= 4 is 17.9 Å². The molecule has 6 nitrogen and oxygen atoms in total. The molecule has 0 atom stereocenters. The van der Waals surface area contributed by atoms with Crippen LogP contribution in [-0.4, -0.2) is 11.8 Å². The van der Waals surface area contributed by atoms with Crippen LogP contribution in [0, 0.1) is 0 Å². The molecule has 0 saturated heterocycles. The van der Waals surface area contributed by atoms with Gasteiger partial charge in [0.1, 0.15) is 11.5 Å². The molecule has 0 aliphatic heterocycles. The van der Waals surface area contributed by atoms with E-state index in [1.54, 1.807) is 18.2 Å². The lowest BCUT2D eigenvalue weighted by Crippen LogP contribution is -2.40. The monoisotopic (exact) mass is 348 g/mol. The Hall–Kier alpha value is -3.80. The summed E-state index contributed by atoms with van der Waals surface area (Å²) >= 11 is 0. The number of furan rings is 1. The van der Waals surface area contributed by atoms with Crippen molar-refractivity contribution in [1.29, 1.82) is 0 Å². The second-order valence-electron chi connectivity index (χ2n) is 5.24. The fourth-order valence-corrected chi connectivity index (χ4v) is 2.11. The molecule has 26 heavy (non-hydrogen) atoms. The lowest BCUT2D eigenvalue weighted by Gasteiger charge is -2.06. The summed E-state index contributed by atoms with van der Waals surface area (Å²) in [4.78, 5) is 23.4. The smallest absolute Gasteiger partial charge is 0.305 e. The lowest BCUT2D eigenvalue weighted by atomic mass is 10.2. The number of hydrogen-bond acceptors (Lipinski definition) is 4. The maximum Gasteiger partial charge on any atom is 0.305 e. The number of rotatable bonds is 5. The third-order valence-electron chi connectivity index (χ3n) is 3.31. The Morgan fingerprint density at radius 1 is 0.885 bits per heavy atom. The van der Waals surface area contributed by atoms with Crippen molar-refractivity contribution in [3.05, 3.63) is 90.4 Å². The van der Waals surface area contributed by atoms with Crippen LogP contribution in [0.25, 0.3) is 6.08 Å². The van der Waals surface area contributed by atoms with Gasteiger partial charge >= 0.3 is 5.91 Å². The second-order valence-corrected chi connectivity index (χ2v) is 5.24. The number of hydrazine groups is 1. The molecule has 0 aliphatic carbocycles. The molecule has 0 saturated carbocycles. The summed E-state index contributed by atoms with van der Waals surface area (Å²) in [5.74, 6) is 0.492. The summed E-state index contributed by atoms with van der Waals surface area (Å²) in [5.41, 5.74) is 5.32. The van der Waals surface area contributed by atoms with Crippen LogP contribution in [0.2, 0.25) is 0 Å². The van der Waals surface area contributed by atoms with E-state index in [1.807, 2.05) is 48.5 Å². The van der Waals surface area contributed by atoms with Crippen molar-refractivity contribution < 1.29 is 18.7 Å². The molecule has 0 bridgehead atoms. The van der Waals surface area contributed by atoms with Gasteiger partial charge in [0.25, 0.3) is 5.91 Å². The standard InChI is InChI=1S/C20H16N2O4/c23-19(21-22-20(24)18-10-5-13-25-18)12-11-15-6-4-9-17(14-15)26-16-7-2-1-3-8-16/h1-14H,(H,21,23)(H,22,24)/b12-11+. The predicted molar refractivity (Wildman–Crippen MR) is 96.3 cm³/mol. The van der Waals surface area contributed by atoms with E-state index in [-0.39, 0.29) is 5.76 Å². The molecule has 2 N–H and O–H groups in total. The molecule has 130 valence electrons. The molecule has 0 fully saturated rings. The summed E-state index contributed by atoms with van der Waals surface area (Å²) in [6.07, 6.45) is 4.30. The number of hydrogen-bond donors (Lipinski definition) is 2. The van der Waals surface area contributed by atoms with Crippen molar-refractivity contribution in [3.63, 3.8) is 0 Å². The minimum atomic E-state index is -0.532. The van der Waals surface area contributed by atoms with Gasteiger partial charge in [0.15, 0.2) is 5.76 Å². The average Bonchev–Trinajstić information content (AvgIpc) is 3.20. The lowest BCUT2D eigenvalue weighted by molar-refractivity contribution is -0.117. The zero-order valence-electron chi connectivity index (χ0n) is 13.7. The van der Waals surface area contributed by atoms with Crippen molar-refractivity contribution in [2.24, 2.45) is 0 Å². The van der Waals surface area contributed by atoms with Crippen LogP contribution in [-0.2, 0) is 4.79 Å². The second kappa shape index (κ2) is 8.34. The first-order valence-electron chi connectivity index (χ1n) is 7.85. The Labute approximate surface area is 150 Å². The van der Waals surface area contributed by atoms with Gasteiger partial charge < -0.3 is 9.15 Å². The maximum atomic E-state index is 11.8. The van der Waals surface area contributed by atoms with Gasteiger partial charge in [-0.2, -0.15) is 0 Å². The third-order valence-corrected chi connectivity index (χ3v) is 3.31. The summed E-state index contributed by atoms with van der Waals surface area (Å²) < 4.78 is 10.7. The number of para-hydroxylation sites is 1. The van der Waals surface area contributed by atoms with E-state index in [0.717, 1.165) is 11.3 Å². The van der Waals surface area contributed by atoms with Crippen LogP contribution in [0.1, 0.15) is 16.1 Å². The number of carbonyl (C=O) groups excluding carboxylic acids is 2. The van der Waals surface area contributed by atoms with Crippen LogP contribution in [0.5, 0.6) is 11.5 Å². The molecule has 3 rings (SSSR count). The molecule has 0 aliphatic rings. The summed E-state index contributed by atoms with van der Waals surface area (Å²) in [6.45, 7) is 0. The molecule has 1 heterocycles. The highest BCUT2D eigenvalue weighted by Crippen LogP contribution is 2.22. The van der Waals surface area contributed by atoms with E-state index in [9.17, 15) is 9.59 Å². The third kappa shape index (κ3) is 4.85. The van der Waals surface area contributed by atoms with Gasteiger partial charge in [-0.3, -0.25) is 20.4 Å². The van der Waals surface area contributed by atoms with E-state index in [0.29, 0.717) is 5.75 Å². The molecular weight excluding hydrogens is 332 g/mol. The highest BCUT2D eigenvalue weighted by Gasteiger charge is 2.08. The van der Waals surface area contributed by atoms with E-state index < -0.39 is 11.8 Å². The minimum absolute atomic E-state index is 0.111. The van der Waals surface area contributed by atoms with Crippen LogP contribution in [0.4, 0.5) is 0 Å². The SMILES string of the molecule is O=C(/C=C/c1cccc(Oc2ccccc2)c1)NNC(=O)c1ccco1. The van der Waals surface area contributed by atoms with Gasteiger partial charge in [0.05, 0.1) is 6.26 Å². The van der Waals surface area contributed by atoms with Crippen LogP contribution in [0.15, 0.2) is 83.5 Å². The first-order chi connectivity index (χ1) is 12.7. The van der Waals surface area contributed by atoms with Crippen LogP contribution in [0.3, 0.4) is 0 Å². The Morgan fingerprint density at radius 3 is 2.46 bits per heavy atom. The fourth-order valence-electron chi connectivity index (χ4n) is 2.11. The Morgan fingerprint density at radius 2 is 1.69 bits per heavy atom. The highest BCUT2D eigenvalue weighted by atomic mass is 16.5. The molecule has 2 aromatic carbocycles. The molecule has 0 unspecified atom stereocenters. The molecule has 0 radical (unpaired) electrons. The molecular formula is C20H16N2O4. The summed E-state index contributed by atoms with van der Waals surface area (Å²) in [5, 5.41) is 0. The predicted octanol–water partition coefficient (Wildman–Crippen LogP) is 3.55. The van der Waals surface area contributed by atoms with Crippen molar-refractivity contribution in [2.45, 2.75) is 0 Å². The number of carbonyl (C=O) groups is 2. The average molecular weight is 348 g/mol.